The maximum atomic E-state index is 13.2. The zero-order valence-electron chi connectivity index (χ0n) is 17.5. The number of rotatable bonds is 5. The standard InChI is InChI=1S/C22H20N4O6S/c27-10-7-26-21(28)18-15-13-14(33(30,31)25-8-11-32-12-9-25)4-5-16(15)24-20(19(18)22(26)29)17-3-1-2-6-23-17/h1-6,13,27H,7-12H2. The number of hydrogen-bond donors (Lipinski definition) is 1. The summed E-state index contributed by atoms with van der Waals surface area (Å²) in [5, 5.41) is 9.63. The largest absolute Gasteiger partial charge is 0.395 e. The zero-order valence-corrected chi connectivity index (χ0v) is 18.3. The molecule has 4 heterocycles. The lowest BCUT2D eigenvalue weighted by molar-refractivity contribution is 0.0625. The van der Waals surface area contributed by atoms with E-state index in [1.54, 1.807) is 24.4 Å². The van der Waals surface area contributed by atoms with Crippen LogP contribution in [-0.2, 0) is 14.8 Å². The van der Waals surface area contributed by atoms with Gasteiger partial charge < -0.3 is 9.84 Å². The summed E-state index contributed by atoms with van der Waals surface area (Å²) in [5.41, 5.74) is 1.13. The molecule has 0 spiro atoms. The van der Waals surface area contributed by atoms with Crippen molar-refractivity contribution in [1.29, 1.82) is 0 Å². The summed E-state index contributed by atoms with van der Waals surface area (Å²) in [6.07, 6.45) is 1.55. The van der Waals surface area contributed by atoms with Gasteiger partial charge in [-0.1, -0.05) is 6.07 Å². The minimum atomic E-state index is -3.82. The molecule has 1 fully saturated rings. The third-order valence-electron chi connectivity index (χ3n) is 5.71. The van der Waals surface area contributed by atoms with Crippen LogP contribution >= 0.6 is 0 Å². The van der Waals surface area contributed by atoms with E-state index in [1.165, 1.54) is 22.5 Å². The number of carbonyl (C=O) groups excluding carboxylic acids is 2. The molecule has 33 heavy (non-hydrogen) atoms. The van der Waals surface area contributed by atoms with Crippen LogP contribution in [0.2, 0.25) is 0 Å². The van der Waals surface area contributed by atoms with Gasteiger partial charge >= 0.3 is 0 Å². The van der Waals surface area contributed by atoms with Crippen LogP contribution in [0, 0.1) is 0 Å². The van der Waals surface area contributed by atoms with Crippen molar-refractivity contribution in [3.8, 4) is 11.4 Å². The lowest BCUT2D eigenvalue weighted by Gasteiger charge is -2.26. The average Bonchev–Trinajstić information content (AvgIpc) is 3.10. The van der Waals surface area contributed by atoms with Crippen LogP contribution in [0.4, 0.5) is 0 Å². The Morgan fingerprint density at radius 2 is 1.79 bits per heavy atom. The van der Waals surface area contributed by atoms with Crippen LogP contribution in [0.3, 0.4) is 0 Å². The van der Waals surface area contributed by atoms with Crippen LogP contribution < -0.4 is 0 Å². The molecule has 1 aromatic carbocycles. The lowest BCUT2D eigenvalue weighted by atomic mass is 10.0. The molecule has 2 aliphatic rings. The topological polar surface area (TPSA) is 130 Å². The van der Waals surface area contributed by atoms with Crippen LogP contribution in [0.25, 0.3) is 22.3 Å². The Morgan fingerprint density at radius 3 is 2.48 bits per heavy atom. The molecule has 170 valence electrons. The fourth-order valence-electron chi connectivity index (χ4n) is 4.12. The first-order chi connectivity index (χ1) is 15.9. The highest BCUT2D eigenvalue weighted by atomic mass is 32.2. The van der Waals surface area contributed by atoms with Gasteiger partial charge in [-0.2, -0.15) is 4.31 Å². The summed E-state index contributed by atoms with van der Waals surface area (Å²) in [6.45, 7) is 0.502. The van der Waals surface area contributed by atoms with Crippen molar-refractivity contribution >= 4 is 32.7 Å². The van der Waals surface area contributed by atoms with E-state index in [1.807, 2.05) is 0 Å². The maximum Gasteiger partial charge on any atom is 0.263 e. The van der Waals surface area contributed by atoms with Crippen molar-refractivity contribution in [3.05, 3.63) is 53.7 Å². The highest BCUT2D eigenvalue weighted by Crippen LogP contribution is 2.36. The van der Waals surface area contributed by atoms with Crippen molar-refractivity contribution in [2.24, 2.45) is 0 Å². The molecule has 0 aliphatic carbocycles. The first kappa shape index (κ1) is 21.6. The maximum absolute atomic E-state index is 13.2. The second-order valence-electron chi connectivity index (χ2n) is 7.61. The molecule has 11 heteroatoms. The molecule has 1 saturated heterocycles. The molecule has 2 aromatic heterocycles. The Labute approximate surface area is 189 Å². The summed E-state index contributed by atoms with van der Waals surface area (Å²) >= 11 is 0. The number of hydrogen-bond acceptors (Lipinski definition) is 8. The molecule has 0 bridgehead atoms. The van der Waals surface area contributed by atoms with Crippen LogP contribution in [0.15, 0.2) is 47.5 Å². The second-order valence-corrected chi connectivity index (χ2v) is 9.54. The Hall–Kier alpha value is -3.25. The van der Waals surface area contributed by atoms with Crippen LogP contribution in [0.5, 0.6) is 0 Å². The number of β-amino-alcohol motifs (C(OH)–C–C–N with tert-alkyl or cyclic N) is 1. The van der Waals surface area contributed by atoms with Crippen LogP contribution in [0.1, 0.15) is 20.7 Å². The van der Waals surface area contributed by atoms with Gasteiger partial charge in [-0.15, -0.1) is 0 Å². The van der Waals surface area contributed by atoms with E-state index in [0.717, 1.165) is 4.90 Å². The third kappa shape index (κ3) is 3.49. The first-order valence-corrected chi connectivity index (χ1v) is 11.8. The van der Waals surface area contributed by atoms with Gasteiger partial charge in [0.1, 0.15) is 5.69 Å². The molecular formula is C22H20N4O6S. The number of benzene rings is 1. The van der Waals surface area contributed by atoms with Gasteiger partial charge in [0.2, 0.25) is 10.0 Å². The van der Waals surface area contributed by atoms with Gasteiger partial charge in [-0.3, -0.25) is 19.5 Å². The molecule has 2 aliphatic heterocycles. The van der Waals surface area contributed by atoms with E-state index in [4.69, 9.17) is 4.74 Å². The number of sulfonamides is 1. The van der Waals surface area contributed by atoms with E-state index in [-0.39, 0.29) is 46.7 Å². The number of aliphatic hydroxyl groups excluding tert-OH is 1. The lowest BCUT2D eigenvalue weighted by Crippen LogP contribution is -2.40. The predicted molar refractivity (Wildman–Crippen MR) is 117 cm³/mol. The van der Waals surface area contributed by atoms with Gasteiger partial charge in [0.15, 0.2) is 0 Å². The van der Waals surface area contributed by atoms with Gasteiger partial charge in [-0.05, 0) is 30.3 Å². The molecule has 10 nitrogen and oxygen atoms in total. The van der Waals surface area contributed by atoms with Crippen molar-refractivity contribution in [3.63, 3.8) is 0 Å². The molecule has 5 rings (SSSR count). The summed E-state index contributed by atoms with van der Waals surface area (Å²) in [4.78, 5) is 36.2. The van der Waals surface area contributed by atoms with E-state index in [0.29, 0.717) is 24.4 Å². The van der Waals surface area contributed by atoms with Crippen LogP contribution in [-0.4, -0.2) is 84.0 Å². The van der Waals surface area contributed by atoms with E-state index in [9.17, 15) is 23.1 Å². The monoisotopic (exact) mass is 468 g/mol. The number of morpholine rings is 1. The molecule has 3 aromatic rings. The second kappa shape index (κ2) is 8.27. The van der Waals surface area contributed by atoms with Gasteiger partial charge in [0.25, 0.3) is 11.8 Å². The Balaban J connectivity index is 1.74. The molecule has 0 unspecified atom stereocenters. The highest BCUT2D eigenvalue weighted by molar-refractivity contribution is 7.89. The number of aromatic nitrogens is 2. The smallest absolute Gasteiger partial charge is 0.263 e. The molecule has 0 saturated carbocycles. The summed E-state index contributed by atoms with van der Waals surface area (Å²) in [5.74, 6) is -1.20. The minimum Gasteiger partial charge on any atom is -0.395 e. The number of carbonyl (C=O) groups is 2. The van der Waals surface area contributed by atoms with Gasteiger partial charge in [-0.25, -0.2) is 13.4 Å². The number of fused-ring (bicyclic) bond motifs is 3. The Kier molecular flexibility index (Phi) is 5.41. The van der Waals surface area contributed by atoms with Gasteiger partial charge in [0.05, 0.1) is 53.6 Å². The summed E-state index contributed by atoms with van der Waals surface area (Å²) in [6, 6.07) is 9.51. The fraction of sp³-hybridized carbons (Fsp3) is 0.273. The Bertz CT molecular complexity index is 1370. The van der Waals surface area contributed by atoms with Crippen molar-refractivity contribution in [1.82, 2.24) is 19.2 Å². The molecule has 0 radical (unpaired) electrons. The third-order valence-corrected chi connectivity index (χ3v) is 7.61. The number of pyridine rings is 2. The first-order valence-electron chi connectivity index (χ1n) is 10.4. The quantitative estimate of drug-likeness (QED) is 0.547. The average molecular weight is 468 g/mol. The molecule has 2 amide bonds. The number of aliphatic hydroxyl groups is 1. The van der Waals surface area contributed by atoms with Crippen molar-refractivity contribution in [2.45, 2.75) is 4.90 Å². The highest BCUT2D eigenvalue weighted by Gasteiger charge is 2.40. The van der Waals surface area contributed by atoms with Gasteiger partial charge in [0, 0.05) is 24.7 Å². The molecular weight excluding hydrogens is 448 g/mol. The SMILES string of the molecule is O=C1c2c(-c3ccccn3)nc3ccc(S(=O)(=O)N4CCOCC4)cc3c2C(=O)N1CCO. The number of nitrogens with zero attached hydrogens (tertiary/aromatic N) is 4. The summed E-state index contributed by atoms with van der Waals surface area (Å²) < 4.78 is 32.9. The van der Waals surface area contributed by atoms with E-state index in [2.05, 4.69) is 9.97 Å². The zero-order chi connectivity index (χ0) is 23.2. The molecule has 1 N–H and O–H groups in total. The minimum absolute atomic E-state index is 0.00680. The van der Waals surface area contributed by atoms with E-state index < -0.39 is 28.4 Å². The van der Waals surface area contributed by atoms with E-state index >= 15 is 0 Å². The number of amides is 2. The normalized spacial score (nSPS) is 17.1. The Morgan fingerprint density at radius 1 is 1.03 bits per heavy atom. The number of ether oxygens (including phenoxy) is 1. The number of imide groups is 1. The predicted octanol–water partition coefficient (Wildman–Crippen LogP) is 0.906. The van der Waals surface area contributed by atoms with Crippen molar-refractivity contribution in [2.75, 3.05) is 39.5 Å². The molecule has 0 atom stereocenters. The summed E-state index contributed by atoms with van der Waals surface area (Å²) in [7, 11) is -3.82. The van der Waals surface area contributed by atoms with Crippen molar-refractivity contribution < 1.29 is 27.9 Å². The fourth-order valence-corrected chi connectivity index (χ4v) is 5.56.